The molecule has 0 saturated carbocycles. The molecule has 3 aromatic rings. The number of nitrogens with zero attached hydrogens (tertiary/aromatic N) is 2. The maximum Gasteiger partial charge on any atom is 0.145 e. The van der Waals surface area contributed by atoms with E-state index in [0.29, 0.717) is 11.4 Å². The average Bonchev–Trinajstić information content (AvgIpc) is 2.59. The number of fused-ring (bicyclic) bond motifs is 1. The number of nitriles is 1. The molecule has 1 atom stereocenters. The number of pyridine rings is 1. The van der Waals surface area contributed by atoms with Gasteiger partial charge in [0.2, 0.25) is 0 Å². The Kier molecular flexibility index (Phi) is 4.02. The summed E-state index contributed by atoms with van der Waals surface area (Å²) in [6.45, 7) is 2.12. The number of benzene rings is 2. The average molecular weight is 287 g/mol. The fourth-order valence-corrected chi connectivity index (χ4v) is 2.58. The molecule has 0 aliphatic heterocycles. The molecule has 2 aromatic carbocycles. The highest BCUT2D eigenvalue weighted by atomic mass is 15.0. The van der Waals surface area contributed by atoms with E-state index in [1.165, 1.54) is 5.56 Å². The minimum absolute atomic E-state index is 0.141. The summed E-state index contributed by atoms with van der Waals surface area (Å²) in [5, 5.41) is 13.8. The van der Waals surface area contributed by atoms with E-state index in [2.05, 4.69) is 35.4 Å². The van der Waals surface area contributed by atoms with Gasteiger partial charge in [0, 0.05) is 5.39 Å². The van der Waals surface area contributed by atoms with Crippen molar-refractivity contribution >= 4 is 16.7 Å². The molecular weight excluding hydrogens is 270 g/mol. The number of rotatable bonds is 4. The minimum Gasteiger partial charge on any atom is -0.362 e. The van der Waals surface area contributed by atoms with Crippen LogP contribution >= 0.6 is 0 Å². The molecule has 1 heterocycles. The van der Waals surface area contributed by atoms with E-state index in [0.717, 1.165) is 17.3 Å². The Morgan fingerprint density at radius 1 is 1.09 bits per heavy atom. The molecule has 0 amide bonds. The lowest BCUT2D eigenvalue weighted by molar-refractivity contribution is 0.745. The first kappa shape index (κ1) is 14.1. The Hall–Kier alpha value is -2.86. The Morgan fingerprint density at radius 3 is 2.55 bits per heavy atom. The maximum atomic E-state index is 9.40. The number of para-hydroxylation sites is 1. The second kappa shape index (κ2) is 6.28. The van der Waals surface area contributed by atoms with Gasteiger partial charge in [-0.05, 0) is 24.1 Å². The van der Waals surface area contributed by atoms with Crippen LogP contribution in [0.3, 0.4) is 0 Å². The molecule has 0 saturated heterocycles. The molecule has 0 aliphatic rings. The summed E-state index contributed by atoms with van der Waals surface area (Å²) in [6, 6.07) is 22.4. The molecule has 22 heavy (non-hydrogen) atoms. The fourth-order valence-electron chi connectivity index (χ4n) is 2.58. The first-order valence-electron chi connectivity index (χ1n) is 7.43. The molecule has 3 rings (SSSR count). The zero-order valence-corrected chi connectivity index (χ0v) is 12.5. The Balaban J connectivity index is 2.00. The molecule has 108 valence electrons. The lowest BCUT2D eigenvalue weighted by atomic mass is 10.0. The lowest BCUT2D eigenvalue weighted by Gasteiger charge is -2.19. The quantitative estimate of drug-likeness (QED) is 0.758. The fraction of sp³-hybridized carbons (Fsp3) is 0.158. The number of hydrogen-bond acceptors (Lipinski definition) is 3. The SMILES string of the molecule is CC[C@@H](Nc1nc2ccccc2cc1C#N)c1ccccc1. The van der Waals surface area contributed by atoms with Crippen molar-refractivity contribution in [3.63, 3.8) is 0 Å². The van der Waals surface area contributed by atoms with E-state index in [4.69, 9.17) is 0 Å². The van der Waals surface area contributed by atoms with Gasteiger partial charge >= 0.3 is 0 Å². The number of anilines is 1. The van der Waals surface area contributed by atoms with Crippen LogP contribution in [0.25, 0.3) is 10.9 Å². The van der Waals surface area contributed by atoms with Gasteiger partial charge in [0.05, 0.1) is 17.1 Å². The van der Waals surface area contributed by atoms with Crippen molar-refractivity contribution in [3.8, 4) is 6.07 Å². The molecule has 0 aliphatic carbocycles. The van der Waals surface area contributed by atoms with Crippen molar-refractivity contribution in [2.45, 2.75) is 19.4 Å². The van der Waals surface area contributed by atoms with Gasteiger partial charge in [-0.15, -0.1) is 0 Å². The first-order valence-corrected chi connectivity index (χ1v) is 7.43. The van der Waals surface area contributed by atoms with Crippen LogP contribution in [0.2, 0.25) is 0 Å². The van der Waals surface area contributed by atoms with Crippen molar-refractivity contribution in [1.82, 2.24) is 4.98 Å². The summed E-state index contributed by atoms with van der Waals surface area (Å²) in [5.74, 6) is 0.650. The third-order valence-electron chi connectivity index (χ3n) is 3.77. The van der Waals surface area contributed by atoms with Crippen LogP contribution < -0.4 is 5.32 Å². The van der Waals surface area contributed by atoms with E-state index in [9.17, 15) is 5.26 Å². The van der Waals surface area contributed by atoms with E-state index in [1.54, 1.807) is 0 Å². The molecule has 1 N–H and O–H groups in total. The summed E-state index contributed by atoms with van der Waals surface area (Å²) in [5.41, 5.74) is 2.67. The summed E-state index contributed by atoms with van der Waals surface area (Å²) in [6.07, 6.45) is 0.920. The zero-order valence-electron chi connectivity index (χ0n) is 12.5. The van der Waals surface area contributed by atoms with Crippen LogP contribution in [-0.4, -0.2) is 4.98 Å². The van der Waals surface area contributed by atoms with Crippen molar-refractivity contribution in [2.75, 3.05) is 5.32 Å². The monoisotopic (exact) mass is 287 g/mol. The van der Waals surface area contributed by atoms with Crippen molar-refractivity contribution < 1.29 is 0 Å². The summed E-state index contributed by atoms with van der Waals surface area (Å²) < 4.78 is 0. The predicted octanol–water partition coefficient (Wildman–Crippen LogP) is 4.67. The van der Waals surface area contributed by atoms with Crippen LogP contribution in [-0.2, 0) is 0 Å². The first-order chi connectivity index (χ1) is 10.8. The van der Waals surface area contributed by atoms with E-state index in [1.807, 2.05) is 48.5 Å². The second-order valence-electron chi connectivity index (χ2n) is 5.20. The number of aromatic nitrogens is 1. The molecule has 0 radical (unpaired) electrons. The highest BCUT2D eigenvalue weighted by Crippen LogP contribution is 2.25. The predicted molar refractivity (Wildman–Crippen MR) is 89.6 cm³/mol. The van der Waals surface area contributed by atoms with Gasteiger partial charge in [-0.25, -0.2) is 4.98 Å². The van der Waals surface area contributed by atoms with Crippen LogP contribution in [0.4, 0.5) is 5.82 Å². The molecular formula is C19H17N3. The highest BCUT2D eigenvalue weighted by Gasteiger charge is 2.13. The maximum absolute atomic E-state index is 9.40. The van der Waals surface area contributed by atoms with Gasteiger partial charge in [-0.1, -0.05) is 55.5 Å². The van der Waals surface area contributed by atoms with Crippen molar-refractivity contribution in [2.24, 2.45) is 0 Å². The molecule has 3 heteroatoms. The van der Waals surface area contributed by atoms with Gasteiger partial charge < -0.3 is 5.32 Å². The molecule has 3 nitrogen and oxygen atoms in total. The lowest BCUT2D eigenvalue weighted by Crippen LogP contribution is -2.12. The zero-order chi connectivity index (χ0) is 15.4. The summed E-state index contributed by atoms with van der Waals surface area (Å²) in [7, 11) is 0. The second-order valence-corrected chi connectivity index (χ2v) is 5.20. The highest BCUT2D eigenvalue weighted by molar-refractivity contribution is 5.82. The van der Waals surface area contributed by atoms with Crippen LogP contribution in [0.5, 0.6) is 0 Å². The van der Waals surface area contributed by atoms with Gasteiger partial charge in [-0.2, -0.15) is 5.26 Å². The van der Waals surface area contributed by atoms with Crippen LogP contribution in [0.1, 0.15) is 30.5 Å². The van der Waals surface area contributed by atoms with E-state index in [-0.39, 0.29) is 6.04 Å². The third kappa shape index (κ3) is 2.77. The largest absolute Gasteiger partial charge is 0.362 e. The van der Waals surface area contributed by atoms with Crippen molar-refractivity contribution in [1.29, 1.82) is 5.26 Å². The smallest absolute Gasteiger partial charge is 0.145 e. The minimum atomic E-state index is 0.141. The van der Waals surface area contributed by atoms with Crippen LogP contribution in [0, 0.1) is 11.3 Å². The van der Waals surface area contributed by atoms with Gasteiger partial charge in [-0.3, -0.25) is 0 Å². The van der Waals surface area contributed by atoms with E-state index < -0.39 is 0 Å². The van der Waals surface area contributed by atoms with Gasteiger partial charge in [0.15, 0.2) is 0 Å². The molecule has 0 unspecified atom stereocenters. The van der Waals surface area contributed by atoms with Crippen molar-refractivity contribution in [3.05, 3.63) is 71.8 Å². The molecule has 0 spiro atoms. The van der Waals surface area contributed by atoms with Crippen LogP contribution in [0.15, 0.2) is 60.7 Å². The summed E-state index contributed by atoms with van der Waals surface area (Å²) >= 11 is 0. The third-order valence-corrected chi connectivity index (χ3v) is 3.77. The molecule has 1 aromatic heterocycles. The topological polar surface area (TPSA) is 48.7 Å². The van der Waals surface area contributed by atoms with Gasteiger partial charge in [0.1, 0.15) is 11.9 Å². The normalized spacial score (nSPS) is 11.8. The number of nitrogens with one attached hydrogen (secondary N) is 1. The Labute approximate surface area is 130 Å². The van der Waals surface area contributed by atoms with E-state index >= 15 is 0 Å². The Morgan fingerprint density at radius 2 is 1.82 bits per heavy atom. The summed E-state index contributed by atoms with van der Waals surface area (Å²) in [4.78, 5) is 4.63. The van der Waals surface area contributed by atoms with Gasteiger partial charge in [0.25, 0.3) is 0 Å². The molecule has 0 bridgehead atoms. The molecule has 0 fully saturated rings. The standard InChI is InChI=1S/C19H17N3/c1-2-17(14-8-4-3-5-9-14)21-19-16(13-20)12-15-10-6-7-11-18(15)22-19/h3-12,17H,2H2,1H3,(H,21,22)/t17-/m1/s1. The number of hydrogen-bond donors (Lipinski definition) is 1. The Bertz CT molecular complexity index is 819.